The molecule has 1 aromatic heterocycles. The monoisotopic (exact) mass is 408 g/mol. The van der Waals surface area contributed by atoms with E-state index < -0.39 is 11.8 Å². The van der Waals surface area contributed by atoms with E-state index in [1.807, 2.05) is 0 Å². The maximum Gasteiger partial charge on any atom is 0.341 e. The van der Waals surface area contributed by atoms with Gasteiger partial charge in [-0.3, -0.25) is 9.69 Å². The molecule has 0 bridgehead atoms. The average Bonchev–Trinajstić information content (AvgIpc) is 3.04. The van der Waals surface area contributed by atoms with Crippen LogP contribution in [-0.4, -0.2) is 37.0 Å². The Bertz CT molecular complexity index is 875. The first-order chi connectivity index (χ1) is 13.4. The first-order valence-corrected chi connectivity index (χ1v) is 9.41. The number of piperidine rings is 1. The molecule has 0 spiro atoms. The van der Waals surface area contributed by atoms with Crippen molar-refractivity contribution in [3.05, 3.63) is 52.2 Å². The van der Waals surface area contributed by atoms with E-state index in [1.165, 1.54) is 25.3 Å². The van der Waals surface area contributed by atoms with Crippen LogP contribution in [0.2, 0.25) is 5.02 Å². The Balaban J connectivity index is 1.52. The summed E-state index contributed by atoms with van der Waals surface area (Å²) in [6, 6.07) is 5.83. The molecule has 0 unspecified atom stereocenters. The van der Waals surface area contributed by atoms with E-state index in [4.69, 9.17) is 20.8 Å². The van der Waals surface area contributed by atoms with E-state index in [0.717, 1.165) is 13.1 Å². The third-order valence-corrected chi connectivity index (χ3v) is 5.19. The third-order valence-electron chi connectivity index (χ3n) is 4.90. The number of carbonyl (C=O) groups is 2. The first-order valence-electron chi connectivity index (χ1n) is 9.03. The number of halogens is 2. The van der Waals surface area contributed by atoms with Gasteiger partial charge in [-0.05, 0) is 57.1 Å². The number of nitrogens with one attached hydrogen (secondary N) is 1. The van der Waals surface area contributed by atoms with Crippen molar-refractivity contribution in [3.8, 4) is 0 Å². The van der Waals surface area contributed by atoms with Crippen LogP contribution in [0.5, 0.6) is 0 Å². The van der Waals surface area contributed by atoms with Gasteiger partial charge in [0.2, 0.25) is 5.91 Å². The van der Waals surface area contributed by atoms with E-state index in [-0.39, 0.29) is 16.8 Å². The van der Waals surface area contributed by atoms with Crippen LogP contribution in [0.3, 0.4) is 0 Å². The maximum absolute atomic E-state index is 13.2. The molecule has 1 fully saturated rings. The zero-order chi connectivity index (χ0) is 20.3. The maximum atomic E-state index is 13.2. The molecule has 1 aliphatic heterocycles. The summed E-state index contributed by atoms with van der Waals surface area (Å²) in [6.45, 7) is 3.76. The zero-order valence-electron chi connectivity index (χ0n) is 15.8. The number of furan rings is 1. The molecule has 1 aliphatic rings. The Morgan fingerprint density at radius 3 is 2.68 bits per heavy atom. The van der Waals surface area contributed by atoms with Gasteiger partial charge in [0.1, 0.15) is 22.9 Å². The normalized spacial score (nSPS) is 15.4. The number of nitrogens with zero attached hydrogens (tertiary/aromatic N) is 1. The lowest BCUT2D eigenvalue weighted by Gasteiger charge is -2.30. The summed E-state index contributed by atoms with van der Waals surface area (Å²) in [5.74, 6) is 0.0873. The quantitative estimate of drug-likeness (QED) is 0.756. The van der Waals surface area contributed by atoms with Gasteiger partial charge in [-0.1, -0.05) is 11.6 Å². The highest BCUT2D eigenvalue weighted by molar-refractivity contribution is 6.31. The van der Waals surface area contributed by atoms with Crippen molar-refractivity contribution < 1.29 is 23.1 Å². The Kier molecular flexibility index (Phi) is 6.36. The molecular formula is C20H22ClFN2O4. The Labute approximate surface area is 167 Å². The summed E-state index contributed by atoms with van der Waals surface area (Å²) in [6.07, 6.45) is 1.40. The molecule has 0 aliphatic carbocycles. The molecule has 0 radical (unpaired) electrons. The molecule has 2 aromatic rings. The van der Waals surface area contributed by atoms with Crippen LogP contribution in [0.25, 0.3) is 0 Å². The van der Waals surface area contributed by atoms with Crippen LogP contribution in [0, 0.1) is 18.7 Å². The topological polar surface area (TPSA) is 71.8 Å². The number of hydrogen-bond acceptors (Lipinski definition) is 5. The Hall–Kier alpha value is -2.38. The van der Waals surface area contributed by atoms with Crippen molar-refractivity contribution in [2.75, 3.05) is 25.5 Å². The number of anilines is 1. The number of ether oxygens (including phenoxy) is 1. The van der Waals surface area contributed by atoms with E-state index in [2.05, 4.69) is 10.2 Å². The summed E-state index contributed by atoms with van der Waals surface area (Å²) in [4.78, 5) is 26.3. The van der Waals surface area contributed by atoms with E-state index >= 15 is 0 Å². The van der Waals surface area contributed by atoms with Crippen molar-refractivity contribution in [2.24, 2.45) is 5.92 Å². The molecule has 1 amide bonds. The highest BCUT2D eigenvalue weighted by Crippen LogP contribution is 2.24. The minimum Gasteiger partial charge on any atom is -0.465 e. The number of methoxy groups -OCH3 is 1. The molecule has 2 heterocycles. The van der Waals surface area contributed by atoms with Gasteiger partial charge in [0.25, 0.3) is 0 Å². The van der Waals surface area contributed by atoms with Gasteiger partial charge in [-0.25, -0.2) is 9.18 Å². The van der Waals surface area contributed by atoms with Gasteiger partial charge < -0.3 is 14.5 Å². The first kappa shape index (κ1) is 20.4. The molecule has 28 heavy (non-hydrogen) atoms. The minimum atomic E-state index is -0.517. The summed E-state index contributed by atoms with van der Waals surface area (Å²) in [5.41, 5.74) is 0.921. The zero-order valence-corrected chi connectivity index (χ0v) is 16.5. The van der Waals surface area contributed by atoms with Gasteiger partial charge in [-0.2, -0.15) is 0 Å². The number of aryl methyl sites for hydroxylation is 1. The van der Waals surface area contributed by atoms with Gasteiger partial charge in [-0.15, -0.1) is 0 Å². The van der Waals surface area contributed by atoms with Crippen molar-refractivity contribution in [3.63, 3.8) is 0 Å². The fraction of sp³-hybridized carbons (Fsp3) is 0.400. The molecule has 6 nitrogen and oxygen atoms in total. The minimum absolute atomic E-state index is 0.0207. The summed E-state index contributed by atoms with van der Waals surface area (Å²) < 4.78 is 23.6. The van der Waals surface area contributed by atoms with Crippen LogP contribution < -0.4 is 5.32 Å². The third kappa shape index (κ3) is 4.72. The summed E-state index contributed by atoms with van der Waals surface area (Å²) >= 11 is 5.75. The van der Waals surface area contributed by atoms with Crippen molar-refractivity contribution in [1.29, 1.82) is 0 Å². The van der Waals surface area contributed by atoms with Gasteiger partial charge in [0.15, 0.2) is 0 Å². The van der Waals surface area contributed by atoms with Gasteiger partial charge >= 0.3 is 5.97 Å². The predicted octanol–water partition coefficient (Wildman–Crippen LogP) is 4.02. The lowest BCUT2D eigenvalue weighted by atomic mass is 9.95. The van der Waals surface area contributed by atoms with Crippen LogP contribution in [0.1, 0.15) is 34.7 Å². The second kappa shape index (κ2) is 8.75. The van der Waals surface area contributed by atoms with E-state index in [0.29, 0.717) is 42.2 Å². The van der Waals surface area contributed by atoms with Crippen LogP contribution in [-0.2, 0) is 16.1 Å². The number of likely N-dealkylation sites (tertiary alicyclic amines) is 1. The molecule has 150 valence electrons. The smallest absolute Gasteiger partial charge is 0.341 e. The molecule has 1 saturated heterocycles. The number of carbonyl (C=O) groups excluding carboxylic acids is 2. The molecule has 0 saturated carbocycles. The van der Waals surface area contributed by atoms with Crippen LogP contribution in [0.4, 0.5) is 10.1 Å². The Morgan fingerprint density at radius 1 is 1.32 bits per heavy atom. The van der Waals surface area contributed by atoms with Crippen LogP contribution >= 0.6 is 11.6 Å². The molecular weight excluding hydrogens is 387 g/mol. The largest absolute Gasteiger partial charge is 0.465 e. The van der Waals surface area contributed by atoms with Crippen molar-refractivity contribution in [1.82, 2.24) is 4.90 Å². The molecule has 3 rings (SSSR count). The number of esters is 1. The highest BCUT2D eigenvalue weighted by atomic mass is 35.5. The number of hydrogen-bond donors (Lipinski definition) is 1. The second-order valence-electron chi connectivity index (χ2n) is 6.84. The van der Waals surface area contributed by atoms with Gasteiger partial charge in [0.05, 0.1) is 18.7 Å². The fourth-order valence-electron chi connectivity index (χ4n) is 3.33. The van der Waals surface area contributed by atoms with Crippen molar-refractivity contribution >= 4 is 29.2 Å². The number of rotatable bonds is 5. The fourth-order valence-corrected chi connectivity index (χ4v) is 3.51. The van der Waals surface area contributed by atoms with Crippen molar-refractivity contribution in [2.45, 2.75) is 26.3 Å². The summed E-state index contributed by atoms with van der Waals surface area (Å²) in [5, 5.41) is 2.77. The molecule has 8 heteroatoms. The van der Waals surface area contributed by atoms with Gasteiger partial charge in [0, 0.05) is 11.6 Å². The lowest BCUT2D eigenvalue weighted by Crippen LogP contribution is -2.37. The summed E-state index contributed by atoms with van der Waals surface area (Å²) in [7, 11) is 1.34. The van der Waals surface area contributed by atoms with Crippen LogP contribution in [0.15, 0.2) is 28.7 Å². The SMILES string of the molecule is COC(=O)c1cc(CN2CCC(C(=O)Nc3ccc(F)c(Cl)c3)CC2)oc1C. The highest BCUT2D eigenvalue weighted by Gasteiger charge is 2.26. The molecule has 0 atom stereocenters. The molecule has 1 N–H and O–H groups in total. The lowest BCUT2D eigenvalue weighted by molar-refractivity contribution is -0.121. The second-order valence-corrected chi connectivity index (χ2v) is 7.25. The number of amides is 1. The number of benzene rings is 1. The average molecular weight is 409 g/mol. The van der Waals surface area contributed by atoms with E-state index in [9.17, 15) is 14.0 Å². The standard InChI is InChI=1S/C20H22ClFN2O4/c1-12-16(20(26)27-2)10-15(28-12)11-24-7-5-13(6-8-24)19(25)23-14-3-4-18(22)17(21)9-14/h3-4,9-10,13H,5-8,11H2,1-2H3,(H,23,25). The Morgan fingerprint density at radius 2 is 2.04 bits per heavy atom. The van der Waals surface area contributed by atoms with E-state index in [1.54, 1.807) is 13.0 Å². The predicted molar refractivity (Wildman–Crippen MR) is 103 cm³/mol. The molecule has 1 aromatic carbocycles.